The second kappa shape index (κ2) is 5.12. The second-order valence-corrected chi connectivity index (χ2v) is 4.17. The maximum Gasteiger partial charge on any atom is 0.323 e. The number of rotatable bonds is 4. The van der Waals surface area contributed by atoms with Crippen molar-refractivity contribution >= 4 is 18.2 Å². The zero-order valence-electron chi connectivity index (χ0n) is 10.2. The molecule has 0 aromatic rings. The molecule has 5 heteroatoms. The molecule has 17 heavy (non-hydrogen) atoms. The Bertz CT molecular complexity index is 364. The molecule has 1 aliphatic carbocycles. The zero-order valence-corrected chi connectivity index (χ0v) is 10.2. The molecule has 0 saturated carbocycles. The fourth-order valence-electron chi connectivity index (χ4n) is 2.27. The molecule has 0 atom stereocenters. The van der Waals surface area contributed by atoms with Crippen LogP contribution in [0.2, 0.25) is 0 Å². The Morgan fingerprint density at radius 1 is 1.24 bits per heavy atom. The Labute approximate surface area is 99.8 Å². The van der Waals surface area contributed by atoms with E-state index in [2.05, 4.69) is 9.47 Å². The van der Waals surface area contributed by atoms with Gasteiger partial charge in [0.1, 0.15) is 6.29 Å². The molecule has 0 N–H and O–H groups in total. The number of carbonyl (C=O) groups is 3. The normalized spacial score (nSPS) is 17.8. The van der Waals surface area contributed by atoms with Gasteiger partial charge in [0.2, 0.25) is 0 Å². The molecule has 0 aromatic heterocycles. The van der Waals surface area contributed by atoms with Crippen molar-refractivity contribution in [1.29, 1.82) is 0 Å². The van der Waals surface area contributed by atoms with Gasteiger partial charge in [-0.1, -0.05) is 11.1 Å². The number of esters is 2. The number of hydrogen-bond donors (Lipinski definition) is 0. The van der Waals surface area contributed by atoms with Gasteiger partial charge in [0.15, 0.2) is 5.41 Å². The minimum absolute atomic E-state index is 0.205. The highest BCUT2D eigenvalue weighted by Crippen LogP contribution is 2.44. The molecule has 0 spiro atoms. The summed E-state index contributed by atoms with van der Waals surface area (Å²) in [5, 5.41) is 0. The average Bonchev–Trinajstić information content (AvgIpc) is 2.66. The molecule has 0 amide bonds. The maximum absolute atomic E-state index is 11.8. The fraction of sp³-hybridized carbons (Fsp3) is 0.583. The van der Waals surface area contributed by atoms with Crippen molar-refractivity contribution in [2.45, 2.75) is 26.2 Å². The molecule has 0 heterocycles. The molecule has 0 aliphatic heterocycles. The Morgan fingerprint density at radius 3 is 2.18 bits per heavy atom. The van der Waals surface area contributed by atoms with E-state index in [1.807, 2.05) is 6.92 Å². The topological polar surface area (TPSA) is 69.7 Å². The summed E-state index contributed by atoms with van der Waals surface area (Å²) in [4.78, 5) is 34.1. The van der Waals surface area contributed by atoms with Crippen molar-refractivity contribution < 1.29 is 23.9 Å². The number of carbonyl (C=O) groups excluding carboxylic acids is 3. The summed E-state index contributed by atoms with van der Waals surface area (Å²) in [7, 11) is 2.47. The Morgan fingerprint density at radius 2 is 1.76 bits per heavy atom. The summed E-state index contributed by atoms with van der Waals surface area (Å²) in [5.74, 6) is -1.21. The summed E-state index contributed by atoms with van der Waals surface area (Å²) < 4.78 is 9.36. The first kappa shape index (κ1) is 13.4. The van der Waals surface area contributed by atoms with Gasteiger partial charge in [-0.3, -0.25) is 9.59 Å². The van der Waals surface area contributed by atoms with Crippen LogP contribution in [0.5, 0.6) is 0 Å². The molecule has 1 aliphatic rings. The molecule has 0 aromatic carbocycles. The van der Waals surface area contributed by atoms with Gasteiger partial charge in [-0.15, -0.1) is 0 Å². The van der Waals surface area contributed by atoms with Crippen LogP contribution >= 0.6 is 0 Å². The Kier molecular flexibility index (Phi) is 4.04. The van der Waals surface area contributed by atoms with Gasteiger partial charge in [0.05, 0.1) is 14.2 Å². The lowest BCUT2D eigenvalue weighted by Gasteiger charge is -2.23. The smallest absolute Gasteiger partial charge is 0.323 e. The van der Waals surface area contributed by atoms with Gasteiger partial charge in [-0.05, 0) is 19.8 Å². The van der Waals surface area contributed by atoms with Gasteiger partial charge in [-0.2, -0.15) is 0 Å². The minimum Gasteiger partial charge on any atom is -0.468 e. The largest absolute Gasteiger partial charge is 0.468 e. The van der Waals surface area contributed by atoms with E-state index >= 15 is 0 Å². The molecule has 94 valence electrons. The maximum atomic E-state index is 11.8. The number of ether oxygens (including phenoxy) is 2. The van der Waals surface area contributed by atoms with Crippen molar-refractivity contribution in [2.75, 3.05) is 14.2 Å². The highest BCUT2D eigenvalue weighted by molar-refractivity contribution is 6.01. The van der Waals surface area contributed by atoms with Crippen molar-refractivity contribution in [3.63, 3.8) is 0 Å². The Hall–Kier alpha value is -1.65. The number of methoxy groups -OCH3 is 2. The third-order valence-corrected chi connectivity index (χ3v) is 3.17. The van der Waals surface area contributed by atoms with Crippen LogP contribution in [0.25, 0.3) is 0 Å². The van der Waals surface area contributed by atoms with E-state index in [-0.39, 0.29) is 19.3 Å². The number of hydrogen-bond acceptors (Lipinski definition) is 5. The summed E-state index contributed by atoms with van der Waals surface area (Å²) in [5.41, 5.74) is 0.398. The van der Waals surface area contributed by atoms with Crippen molar-refractivity contribution in [1.82, 2.24) is 0 Å². The lowest BCUT2D eigenvalue weighted by Crippen LogP contribution is -2.39. The van der Waals surface area contributed by atoms with Gasteiger partial charge in [0.25, 0.3) is 0 Å². The quantitative estimate of drug-likeness (QED) is 0.317. The van der Waals surface area contributed by atoms with Crippen LogP contribution in [0.3, 0.4) is 0 Å². The van der Waals surface area contributed by atoms with Crippen LogP contribution in [0.4, 0.5) is 0 Å². The summed E-state index contributed by atoms with van der Waals surface area (Å²) in [6, 6.07) is 0. The third-order valence-electron chi connectivity index (χ3n) is 3.17. The predicted octanol–water partition coefficient (Wildman–Crippen LogP) is 1.02. The molecular formula is C12H16O5. The lowest BCUT2D eigenvalue weighted by molar-refractivity contribution is -0.168. The van der Waals surface area contributed by atoms with Gasteiger partial charge < -0.3 is 14.3 Å². The van der Waals surface area contributed by atoms with Crippen LogP contribution in [0, 0.1) is 5.41 Å². The summed E-state index contributed by atoms with van der Waals surface area (Å²) in [6.07, 6.45) is 1.47. The van der Waals surface area contributed by atoms with Crippen LogP contribution in [-0.4, -0.2) is 32.4 Å². The van der Waals surface area contributed by atoms with Gasteiger partial charge >= 0.3 is 11.9 Å². The number of aldehydes is 1. The van der Waals surface area contributed by atoms with Crippen LogP contribution < -0.4 is 0 Å². The van der Waals surface area contributed by atoms with Crippen LogP contribution in [-0.2, 0) is 23.9 Å². The standard InChI is InChI=1S/C12H16O5/c1-8-6-12(10(14)16-2,11(15)17-3)7-9(8)4-5-13/h5H,4,6-7H2,1-3H3. The summed E-state index contributed by atoms with van der Waals surface area (Å²) >= 11 is 0. The van der Waals surface area contributed by atoms with E-state index in [1.54, 1.807) is 0 Å². The third kappa shape index (κ3) is 2.23. The van der Waals surface area contributed by atoms with Gasteiger partial charge in [0, 0.05) is 6.42 Å². The van der Waals surface area contributed by atoms with Crippen LogP contribution in [0.1, 0.15) is 26.2 Å². The predicted molar refractivity (Wildman–Crippen MR) is 59.1 cm³/mol. The summed E-state index contributed by atoms with van der Waals surface area (Å²) in [6.45, 7) is 1.81. The first-order valence-corrected chi connectivity index (χ1v) is 5.29. The van der Waals surface area contributed by atoms with E-state index < -0.39 is 17.4 Å². The van der Waals surface area contributed by atoms with Crippen molar-refractivity contribution in [2.24, 2.45) is 5.41 Å². The second-order valence-electron chi connectivity index (χ2n) is 4.17. The molecule has 0 saturated heterocycles. The minimum atomic E-state index is -1.30. The lowest BCUT2D eigenvalue weighted by atomic mass is 9.83. The zero-order chi connectivity index (χ0) is 13.1. The van der Waals surface area contributed by atoms with Crippen molar-refractivity contribution in [3.05, 3.63) is 11.1 Å². The average molecular weight is 240 g/mol. The highest BCUT2D eigenvalue weighted by atomic mass is 16.5. The Balaban J connectivity index is 3.04. The van der Waals surface area contributed by atoms with Crippen LogP contribution in [0.15, 0.2) is 11.1 Å². The highest BCUT2D eigenvalue weighted by Gasteiger charge is 2.52. The first-order valence-electron chi connectivity index (χ1n) is 5.29. The van der Waals surface area contributed by atoms with E-state index in [9.17, 15) is 14.4 Å². The van der Waals surface area contributed by atoms with Gasteiger partial charge in [-0.25, -0.2) is 0 Å². The monoisotopic (exact) mass is 240 g/mol. The molecule has 5 nitrogen and oxygen atoms in total. The number of allylic oxidation sites excluding steroid dienone is 2. The molecule has 0 unspecified atom stereocenters. The molecule has 1 rings (SSSR count). The molecular weight excluding hydrogens is 224 g/mol. The fourth-order valence-corrected chi connectivity index (χ4v) is 2.27. The van der Waals surface area contributed by atoms with E-state index in [4.69, 9.17) is 0 Å². The molecule has 0 fully saturated rings. The molecule has 0 bridgehead atoms. The SMILES string of the molecule is COC(=O)C1(C(=O)OC)CC(C)=C(CC=O)C1. The first-order chi connectivity index (χ1) is 8.01. The van der Waals surface area contributed by atoms with Crippen molar-refractivity contribution in [3.8, 4) is 0 Å². The molecule has 0 radical (unpaired) electrons. The van der Waals surface area contributed by atoms with E-state index in [0.717, 1.165) is 17.4 Å². The van der Waals surface area contributed by atoms with E-state index in [0.29, 0.717) is 0 Å². The van der Waals surface area contributed by atoms with E-state index in [1.165, 1.54) is 14.2 Å².